The van der Waals surface area contributed by atoms with Crippen molar-refractivity contribution in [1.29, 1.82) is 0 Å². The molecule has 2 aromatic rings. The van der Waals surface area contributed by atoms with Gasteiger partial charge in [-0.2, -0.15) is 0 Å². The monoisotopic (exact) mass is 333 g/mol. The summed E-state index contributed by atoms with van der Waals surface area (Å²) in [6.07, 6.45) is -1.14. The van der Waals surface area contributed by atoms with Crippen molar-refractivity contribution in [3.05, 3.63) is 46.0 Å². The fourth-order valence-electron chi connectivity index (χ4n) is 1.85. The maximum absolute atomic E-state index is 12.4. The van der Waals surface area contributed by atoms with Gasteiger partial charge in [0.05, 0.1) is 12.2 Å². The van der Waals surface area contributed by atoms with E-state index in [4.69, 9.17) is 23.2 Å². The zero-order valence-corrected chi connectivity index (χ0v) is 12.4. The molecule has 2 rings (SSSR count). The van der Waals surface area contributed by atoms with Crippen LogP contribution in [0.15, 0.2) is 24.4 Å². The van der Waals surface area contributed by atoms with Crippen molar-refractivity contribution in [3.8, 4) is 0 Å². The Bertz CT molecular complexity index is 650. The number of carbonyl (C=O) groups is 1. The van der Waals surface area contributed by atoms with Crippen molar-refractivity contribution in [3.63, 3.8) is 0 Å². The molecule has 0 spiro atoms. The van der Waals surface area contributed by atoms with Crippen molar-refractivity contribution >= 4 is 34.8 Å². The van der Waals surface area contributed by atoms with Crippen LogP contribution in [0.25, 0.3) is 0 Å². The first kappa shape index (κ1) is 15.7. The quantitative estimate of drug-likeness (QED) is 0.859. The summed E-state index contributed by atoms with van der Waals surface area (Å²) in [7, 11) is 0. The number of aromatic nitrogens is 2. The zero-order chi connectivity index (χ0) is 15.6. The van der Waals surface area contributed by atoms with Crippen LogP contribution in [0.5, 0.6) is 0 Å². The second kappa shape index (κ2) is 6.41. The van der Waals surface area contributed by atoms with E-state index >= 15 is 0 Å². The standard InChI is InChI=1S/C13H11Cl2F2N3O/c1-7-5-9(14)18-12(15)11(7)19-13(21)8-3-2-4-20(8)6-10(16)17/h2-5,10H,6H2,1H3,(H,19,21). The molecule has 0 fully saturated rings. The van der Waals surface area contributed by atoms with Gasteiger partial charge in [-0.25, -0.2) is 13.8 Å². The number of rotatable bonds is 4. The van der Waals surface area contributed by atoms with Crippen LogP contribution in [0.1, 0.15) is 16.1 Å². The third-order valence-corrected chi connectivity index (χ3v) is 3.24. The number of nitrogens with zero attached hydrogens (tertiary/aromatic N) is 2. The molecule has 0 saturated carbocycles. The van der Waals surface area contributed by atoms with E-state index in [1.807, 2.05) is 0 Å². The zero-order valence-electron chi connectivity index (χ0n) is 10.9. The first-order valence-electron chi connectivity index (χ1n) is 5.95. The number of alkyl halides is 2. The van der Waals surface area contributed by atoms with Crippen LogP contribution in [0.3, 0.4) is 0 Å². The largest absolute Gasteiger partial charge is 0.338 e. The molecule has 8 heteroatoms. The van der Waals surface area contributed by atoms with Crippen LogP contribution in [0, 0.1) is 6.92 Å². The lowest BCUT2D eigenvalue weighted by Crippen LogP contribution is -2.19. The van der Waals surface area contributed by atoms with Gasteiger partial charge < -0.3 is 9.88 Å². The highest BCUT2D eigenvalue weighted by Crippen LogP contribution is 2.27. The summed E-state index contributed by atoms with van der Waals surface area (Å²) < 4.78 is 26.1. The maximum Gasteiger partial charge on any atom is 0.272 e. The van der Waals surface area contributed by atoms with Crippen LogP contribution in [0.2, 0.25) is 10.3 Å². The molecule has 4 nitrogen and oxygen atoms in total. The minimum atomic E-state index is -2.55. The lowest BCUT2D eigenvalue weighted by Gasteiger charge is -2.12. The van der Waals surface area contributed by atoms with Crippen molar-refractivity contribution in [1.82, 2.24) is 9.55 Å². The Hall–Kier alpha value is -1.66. The average molecular weight is 334 g/mol. The molecule has 0 aliphatic heterocycles. The van der Waals surface area contributed by atoms with Crippen molar-refractivity contribution in [2.45, 2.75) is 19.9 Å². The summed E-state index contributed by atoms with van der Waals surface area (Å²) in [5, 5.41) is 2.81. The molecule has 0 radical (unpaired) electrons. The average Bonchev–Trinajstić information content (AvgIpc) is 2.80. The topological polar surface area (TPSA) is 46.9 Å². The van der Waals surface area contributed by atoms with Gasteiger partial charge in [0.1, 0.15) is 10.8 Å². The Morgan fingerprint density at radius 3 is 2.81 bits per heavy atom. The summed E-state index contributed by atoms with van der Waals surface area (Å²) in [6.45, 7) is 1.15. The van der Waals surface area contributed by atoms with Crippen molar-refractivity contribution < 1.29 is 13.6 Å². The Labute approximate surface area is 129 Å². The molecule has 0 aliphatic carbocycles. The lowest BCUT2D eigenvalue weighted by atomic mass is 10.2. The van der Waals surface area contributed by atoms with E-state index in [2.05, 4.69) is 10.3 Å². The van der Waals surface area contributed by atoms with Gasteiger partial charge in [0.15, 0.2) is 5.15 Å². The van der Waals surface area contributed by atoms with E-state index in [-0.39, 0.29) is 16.0 Å². The number of carbonyl (C=O) groups excluding carboxylic acids is 1. The van der Waals surface area contributed by atoms with Crippen LogP contribution in [0.4, 0.5) is 14.5 Å². The minimum Gasteiger partial charge on any atom is -0.338 e. The molecule has 2 aromatic heterocycles. The maximum atomic E-state index is 12.4. The Balaban J connectivity index is 2.25. The van der Waals surface area contributed by atoms with Crippen molar-refractivity contribution in [2.24, 2.45) is 0 Å². The number of hydrogen-bond acceptors (Lipinski definition) is 2. The molecule has 112 valence electrons. The second-order valence-electron chi connectivity index (χ2n) is 4.32. The van der Waals surface area contributed by atoms with E-state index in [9.17, 15) is 13.6 Å². The van der Waals surface area contributed by atoms with Gasteiger partial charge in [-0.15, -0.1) is 0 Å². The number of halogens is 4. The van der Waals surface area contributed by atoms with Gasteiger partial charge in [-0.3, -0.25) is 4.79 Å². The fourth-order valence-corrected chi connectivity index (χ4v) is 2.43. The van der Waals surface area contributed by atoms with Gasteiger partial charge in [0.25, 0.3) is 12.3 Å². The van der Waals surface area contributed by atoms with Gasteiger partial charge in [-0.1, -0.05) is 23.2 Å². The summed E-state index contributed by atoms with van der Waals surface area (Å²) in [5.41, 5.74) is 1.04. The number of hydrogen-bond donors (Lipinski definition) is 1. The Kier molecular flexibility index (Phi) is 4.80. The number of anilines is 1. The molecule has 0 unspecified atom stereocenters. The SMILES string of the molecule is Cc1cc(Cl)nc(Cl)c1NC(=O)c1cccn1CC(F)F. The summed E-state index contributed by atoms with van der Waals surface area (Å²) in [4.78, 5) is 16.0. The molecular formula is C13H11Cl2F2N3O. The van der Waals surface area contributed by atoms with E-state index in [1.165, 1.54) is 22.9 Å². The number of amides is 1. The second-order valence-corrected chi connectivity index (χ2v) is 5.06. The first-order valence-corrected chi connectivity index (χ1v) is 6.71. The fraction of sp³-hybridized carbons (Fsp3) is 0.231. The van der Waals surface area contributed by atoms with Crippen LogP contribution < -0.4 is 5.32 Å². The molecule has 1 amide bonds. The van der Waals surface area contributed by atoms with Crippen LogP contribution in [-0.2, 0) is 6.54 Å². The number of nitrogens with one attached hydrogen (secondary N) is 1. The summed E-state index contributed by atoms with van der Waals surface area (Å²) in [6, 6.07) is 4.51. The lowest BCUT2D eigenvalue weighted by molar-refractivity contribution is 0.0997. The Morgan fingerprint density at radius 1 is 1.48 bits per heavy atom. The minimum absolute atomic E-state index is 0.0420. The van der Waals surface area contributed by atoms with Gasteiger partial charge >= 0.3 is 0 Å². The number of aryl methyl sites for hydroxylation is 1. The third-order valence-electron chi connectivity index (χ3n) is 2.78. The van der Waals surface area contributed by atoms with Gasteiger partial charge in [0, 0.05) is 6.20 Å². The molecule has 1 N–H and O–H groups in total. The van der Waals surface area contributed by atoms with Crippen molar-refractivity contribution in [2.75, 3.05) is 5.32 Å². The van der Waals surface area contributed by atoms with Crippen LogP contribution >= 0.6 is 23.2 Å². The molecule has 21 heavy (non-hydrogen) atoms. The van der Waals surface area contributed by atoms with E-state index < -0.39 is 18.9 Å². The molecular weight excluding hydrogens is 323 g/mol. The van der Waals surface area contributed by atoms with Gasteiger partial charge in [0.2, 0.25) is 0 Å². The highest BCUT2D eigenvalue weighted by Gasteiger charge is 2.17. The molecule has 0 bridgehead atoms. The smallest absolute Gasteiger partial charge is 0.272 e. The van der Waals surface area contributed by atoms with Crippen LogP contribution in [-0.4, -0.2) is 21.9 Å². The molecule has 0 aliphatic rings. The molecule has 0 aromatic carbocycles. The molecule has 0 atom stereocenters. The third kappa shape index (κ3) is 3.71. The highest BCUT2D eigenvalue weighted by molar-refractivity contribution is 6.35. The predicted molar refractivity (Wildman–Crippen MR) is 77.4 cm³/mol. The molecule has 2 heterocycles. The predicted octanol–water partition coefficient (Wildman–Crippen LogP) is 4.02. The van der Waals surface area contributed by atoms with E-state index in [1.54, 1.807) is 13.0 Å². The normalized spacial score (nSPS) is 11.0. The number of pyridine rings is 1. The molecule has 0 saturated heterocycles. The first-order chi connectivity index (χ1) is 9.88. The van der Waals surface area contributed by atoms with E-state index in [0.717, 1.165) is 0 Å². The summed E-state index contributed by atoms with van der Waals surface area (Å²) >= 11 is 11.7. The Morgan fingerprint density at radius 2 is 2.19 bits per heavy atom. The highest BCUT2D eigenvalue weighted by atomic mass is 35.5. The van der Waals surface area contributed by atoms with E-state index in [0.29, 0.717) is 11.3 Å². The van der Waals surface area contributed by atoms with Gasteiger partial charge in [-0.05, 0) is 30.7 Å². The summed E-state index contributed by atoms with van der Waals surface area (Å²) in [5.74, 6) is -0.547.